The molecular formula is C12H17N3O2S. The Balaban J connectivity index is 2.28. The van der Waals surface area contributed by atoms with Gasteiger partial charge in [-0.05, 0) is 12.3 Å². The van der Waals surface area contributed by atoms with Crippen molar-refractivity contribution in [2.45, 2.75) is 25.4 Å². The molecule has 2 rings (SSSR count). The van der Waals surface area contributed by atoms with Crippen LogP contribution in [0.5, 0.6) is 0 Å². The first-order valence-electron chi connectivity index (χ1n) is 5.78. The van der Waals surface area contributed by atoms with Crippen LogP contribution in [0, 0.1) is 0 Å². The van der Waals surface area contributed by atoms with Gasteiger partial charge in [0.2, 0.25) is 0 Å². The molecule has 0 radical (unpaired) electrons. The first-order valence-corrected chi connectivity index (χ1v) is 6.66. The Kier molecular flexibility index (Phi) is 4.11. The third kappa shape index (κ3) is 2.45. The Labute approximate surface area is 110 Å². The highest BCUT2D eigenvalue weighted by atomic mass is 32.1. The van der Waals surface area contributed by atoms with Crippen LogP contribution in [0.2, 0.25) is 0 Å². The van der Waals surface area contributed by atoms with Crippen molar-refractivity contribution < 1.29 is 9.84 Å². The summed E-state index contributed by atoms with van der Waals surface area (Å²) in [6, 6.07) is 0. The number of nitrogens with two attached hydrogens (primary N) is 1. The zero-order valence-corrected chi connectivity index (χ0v) is 11.3. The molecule has 0 aliphatic rings. The summed E-state index contributed by atoms with van der Waals surface area (Å²) in [6.07, 6.45) is 2.10. The standard InChI is InChI=1S/C12H17N3O2S/c1-7(3-8(4-16)17-2)11-10-9(5-18-11)12(13)15-6-14-10/h5-8,16H,3-4H2,1-2H3,(H2,13,14,15). The van der Waals surface area contributed by atoms with Gasteiger partial charge in [-0.15, -0.1) is 11.3 Å². The fourth-order valence-electron chi connectivity index (χ4n) is 2.00. The lowest BCUT2D eigenvalue weighted by Crippen LogP contribution is -2.18. The van der Waals surface area contributed by atoms with Crippen LogP contribution >= 0.6 is 11.3 Å². The molecule has 2 atom stereocenters. The molecule has 0 saturated heterocycles. The first kappa shape index (κ1) is 13.2. The van der Waals surface area contributed by atoms with E-state index in [-0.39, 0.29) is 18.6 Å². The van der Waals surface area contributed by atoms with Crippen LogP contribution < -0.4 is 5.73 Å². The summed E-state index contributed by atoms with van der Waals surface area (Å²) in [5, 5.41) is 12.1. The molecule has 0 spiro atoms. The molecule has 3 N–H and O–H groups in total. The van der Waals surface area contributed by atoms with Crippen LogP contribution in [-0.4, -0.2) is 34.9 Å². The van der Waals surface area contributed by atoms with E-state index in [2.05, 4.69) is 16.9 Å². The van der Waals surface area contributed by atoms with Crippen molar-refractivity contribution in [3.8, 4) is 0 Å². The number of aliphatic hydroxyl groups excluding tert-OH is 1. The van der Waals surface area contributed by atoms with Gasteiger partial charge in [0.25, 0.3) is 0 Å². The molecule has 0 saturated carbocycles. The van der Waals surface area contributed by atoms with Gasteiger partial charge in [0.15, 0.2) is 0 Å². The van der Waals surface area contributed by atoms with Gasteiger partial charge in [-0.1, -0.05) is 6.92 Å². The van der Waals surface area contributed by atoms with Crippen molar-refractivity contribution in [3.05, 3.63) is 16.6 Å². The molecule has 0 aromatic carbocycles. The zero-order chi connectivity index (χ0) is 13.1. The number of hydrogen-bond donors (Lipinski definition) is 2. The second-order valence-electron chi connectivity index (χ2n) is 4.30. The highest BCUT2D eigenvalue weighted by Crippen LogP contribution is 2.34. The third-order valence-electron chi connectivity index (χ3n) is 3.05. The Morgan fingerprint density at radius 2 is 2.28 bits per heavy atom. The molecular weight excluding hydrogens is 250 g/mol. The second-order valence-corrected chi connectivity index (χ2v) is 5.21. The summed E-state index contributed by atoms with van der Waals surface area (Å²) < 4.78 is 5.20. The fraction of sp³-hybridized carbons (Fsp3) is 0.500. The first-order chi connectivity index (χ1) is 8.67. The topological polar surface area (TPSA) is 81.3 Å². The molecule has 6 heteroatoms. The van der Waals surface area contributed by atoms with Gasteiger partial charge in [0.1, 0.15) is 12.1 Å². The van der Waals surface area contributed by atoms with Gasteiger partial charge in [-0.25, -0.2) is 9.97 Å². The highest BCUT2D eigenvalue weighted by molar-refractivity contribution is 7.11. The van der Waals surface area contributed by atoms with Crippen molar-refractivity contribution in [2.24, 2.45) is 0 Å². The van der Waals surface area contributed by atoms with Crippen LogP contribution in [0.1, 0.15) is 24.1 Å². The van der Waals surface area contributed by atoms with Crippen molar-refractivity contribution in [2.75, 3.05) is 19.5 Å². The third-order valence-corrected chi connectivity index (χ3v) is 4.26. The lowest BCUT2D eigenvalue weighted by molar-refractivity contribution is 0.0396. The van der Waals surface area contributed by atoms with Crippen molar-refractivity contribution >= 4 is 28.1 Å². The monoisotopic (exact) mass is 267 g/mol. The van der Waals surface area contributed by atoms with Crippen molar-refractivity contribution in [1.82, 2.24) is 9.97 Å². The van der Waals surface area contributed by atoms with E-state index in [1.165, 1.54) is 6.33 Å². The molecule has 0 amide bonds. The SMILES string of the molecule is COC(CO)CC(C)c1scc2c(N)ncnc12. The van der Waals surface area contributed by atoms with Crippen molar-refractivity contribution in [1.29, 1.82) is 0 Å². The number of hydrogen-bond acceptors (Lipinski definition) is 6. The van der Waals surface area contributed by atoms with Crippen molar-refractivity contribution in [3.63, 3.8) is 0 Å². The van der Waals surface area contributed by atoms with Gasteiger partial charge >= 0.3 is 0 Å². The maximum Gasteiger partial charge on any atom is 0.135 e. The number of methoxy groups -OCH3 is 1. The van der Waals surface area contributed by atoms with E-state index in [0.717, 1.165) is 22.2 Å². The maximum absolute atomic E-state index is 9.16. The summed E-state index contributed by atoms with van der Waals surface area (Å²) in [6.45, 7) is 2.13. The number of aromatic nitrogens is 2. The normalized spacial score (nSPS) is 14.8. The molecule has 2 aromatic rings. The second kappa shape index (κ2) is 5.60. The summed E-state index contributed by atoms with van der Waals surface area (Å²) in [4.78, 5) is 9.44. The molecule has 0 aliphatic carbocycles. The molecule has 2 heterocycles. The minimum Gasteiger partial charge on any atom is -0.394 e. The summed E-state index contributed by atoms with van der Waals surface area (Å²) >= 11 is 1.63. The van der Waals surface area contributed by atoms with Gasteiger partial charge in [0, 0.05) is 17.4 Å². The number of aliphatic hydroxyl groups is 1. The number of anilines is 1. The summed E-state index contributed by atoms with van der Waals surface area (Å²) in [5.74, 6) is 0.777. The zero-order valence-electron chi connectivity index (χ0n) is 10.5. The quantitative estimate of drug-likeness (QED) is 0.863. The Morgan fingerprint density at radius 1 is 1.50 bits per heavy atom. The molecule has 0 bridgehead atoms. The Morgan fingerprint density at radius 3 is 2.94 bits per heavy atom. The van der Waals surface area contributed by atoms with Crippen LogP contribution in [0.15, 0.2) is 11.7 Å². The number of fused-ring (bicyclic) bond motifs is 1. The molecule has 2 aromatic heterocycles. The minimum absolute atomic E-state index is 0.0290. The van der Waals surface area contributed by atoms with E-state index in [0.29, 0.717) is 5.82 Å². The maximum atomic E-state index is 9.16. The van der Waals surface area contributed by atoms with E-state index in [1.807, 2.05) is 5.38 Å². The molecule has 5 nitrogen and oxygen atoms in total. The average Bonchev–Trinajstić information content (AvgIpc) is 2.81. The molecule has 0 aliphatic heterocycles. The van der Waals surface area contributed by atoms with E-state index in [9.17, 15) is 0 Å². The van der Waals surface area contributed by atoms with E-state index >= 15 is 0 Å². The van der Waals surface area contributed by atoms with E-state index < -0.39 is 0 Å². The minimum atomic E-state index is -0.142. The smallest absolute Gasteiger partial charge is 0.135 e. The molecule has 2 unspecified atom stereocenters. The molecule has 98 valence electrons. The van der Waals surface area contributed by atoms with Gasteiger partial charge in [-0.3, -0.25) is 0 Å². The van der Waals surface area contributed by atoms with Gasteiger partial charge in [0.05, 0.1) is 23.6 Å². The van der Waals surface area contributed by atoms with E-state index in [1.54, 1.807) is 18.4 Å². The largest absolute Gasteiger partial charge is 0.394 e. The lowest BCUT2D eigenvalue weighted by Gasteiger charge is -2.16. The number of rotatable bonds is 5. The van der Waals surface area contributed by atoms with Crippen LogP contribution in [0.3, 0.4) is 0 Å². The van der Waals surface area contributed by atoms with Crippen LogP contribution in [0.4, 0.5) is 5.82 Å². The predicted molar refractivity (Wildman–Crippen MR) is 72.7 cm³/mol. The molecule has 18 heavy (non-hydrogen) atoms. The van der Waals surface area contributed by atoms with E-state index in [4.69, 9.17) is 15.6 Å². The van der Waals surface area contributed by atoms with Crippen LogP contribution in [-0.2, 0) is 4.74 Å². The van der Waals surface area contributed by atoms with Crippen LogP contribution in [0.25, 0.3) is 10.9 Å². The number of thiophene rings is 1. The Hall–Kier alpha value is -1.24. The lowest BCUT2D eigenvalue weighted by atomic mass is 10.0. The average molecular weight is 267 g/mol. The number of nitrogen functional groups attached to an aromatic ring is 1. The summed E-state index contributed by atoms with van der Waals surface area (Å²) in [5.41, 5.74) is 6.72. The van der Waals surface area contributed by atoms with Gasteiger partial charge < -0.3 is 15.6 Å². The highest BCUT2D eigenvalue weighted by Gasteiger charge is 2.18. The fourth-order valence-corrected chi connectivity index (χ4v) is 3.08. The Bertz CT molecular complexity index is 525. The summed E-state index contributed by atoms with van der Waals surface area (Å²) in [7, 11) is 1.61. The number of ether oxygens (including phenoxy) is 1. The number of nitrogens with zero attached hydrogens (tertiary/aromatic N) is 2. The van der Waals surface area contributed by atoms with Gasteiger partial charge in [-0.2, -0.15) is 0 Å². The predicted octanol–water partition coefficient (Wildman–Crippen LogP) is 1.77. The molecule has 0 fully saturated rings.